The molecule has 1 N–H and O–H groups in total. The highest BCUT2D eigenvalue weighted by Gasteiger charge is 2.14. The van der Waals surface area contributed by atoms with Gasteiger partial charge in [0.25, 0.3) is 0 Å². The summed E-state index contributed by atoms with van der Waals surface area (Å²) in [5.74, 6) is 0. The van der Waals surface area contributed by atoms with Gasteiger partial charge in [-0.15, -0.1) is 0 Å². The first kappa shape index (κ1) is 11.5. The van der Waals surface area contributed by atoms with Gasteiger partial charge in [0.1, 0.15) is 0 Å². The molecule has 1 aromatic carbocycles. The predicted molar refractivity (Wildman–Crippen MR) is 74.6 cm³/mol. The molecule has 0 spiro atoms. The fourth-order valence-corrected chi connectivity index (χ4v) is 2.47. The van der Waals surface area contributed by atoms with Crippen LogP contribution in [0.15, 0.2) is 36.8 Å². The number of hydrogen-bond donors (Lipinski definition) is 1. The van der Waals surface area contributed by atoms with Gasteiger partial charge < -0.3 is 9.55 Å². The Hall–Kier alpha value is -2.54. The first-order valence-corrected chi connectivity index (χ1v) is 6.24. The molecule has 0 aliphatic rings. The maximum Gasteiger partial charge on any atom is 0.0991 e. The Morgan fingerprint density at radius 3 is 2.79 bits per heavy atom. The highest BCUT2D eigenvalue weighted by molar-refractivity contribution is 5.87. The molecule has 0 fully saturated rings. The number of nitrogens with zero attached hydrogens (tertiary/aromatic N) is 3. The first-order chi connectivity index (χ1) is 9.20. The van der Waals surface area contributed by atoms with Gasteiger partial charge in [0, 0.05) is 16.9 Å². The van der Waals surface area contributed by atoms with Crippen molar-refractivity contribution in [2.45, 2.75) is 19.9 Å². The first-order valence-electron chi connectivity index (χ1n) is 6.24. The minimum absolute atomic E-state index is 0.337. The minimum atomic E-state index is 0.337. The van der Waals surface area contributed by atoms with Crippen LogP contribution in [0.1, 0.15) is 25.5 Å². The van der Waals surface area contributed by atoms with E-state index in [2.05, 4.69) is 40.5 Å². The highest BCUT2D eigenvalue weighted by atomic mass is 15.0. The monoisotopic (exact) mass is 250 g/mol. The van der Waals surface area contributed by atoms with Gasteiger partial charge in [-0.25, -0.2) is 4.98 Å². The van der Waals surface area contributed by atoms with Crippen LogP contribution >= 0.6 is 0 Å². The summed E-state index contributed by atoms with van der Waals surface area (Å²) in [6, 6.07) is 10.4. The summed E-state index contributed by atoms with van der Waals surface area (Å²) < 4.78 is 2.25. The molecule has 19 heavy (non-hydrogen) atoms. The number of hydrogen-bond acceptors (Lipinski definition) is 2. The minimum Gasteiger partial charge on any atom is -0.343 e. The van der Waals surface area contributed by atoms with Gasteiger partial charge in [-0.05, 0) is 38.1 Å². The number of nitrogens with one attached hydrogen (secondary N) is 1. The van der Waals surface area contributed by atoms with Gasteiger partial charge in [-0.1, -0.05) is 0 Å². The van der Waals surface area contributed by atoms with Crippen LogP contribution in [0.4, 0.5) is 0 Å². The van der Waals surface area contributed by atoms with Crippen LogP contribution in [-0.2, 0) is 0 Å². The van der Waals surface area contributed by atoms with Crippen molar-refractivity contribution in [3.8, 4) is 17.5 Å². The lowest BCUT2D eigenvalue weighted by molar-refractivity contribution is 0.628. The summed E-state index contributed by atoms with van der Waals surface area (Å²) in [7, 11) is 0. The van der Waals surface area contributed by atoms with E-state index in [0.29, 0.717) is 11.6 Å². The maximum atomic E-state index is 8.99. The van der Waals surface area contributed by atoms with Crippen molar-refractivity contribution >= 4 is 10.9 Å². The van der Waals surface area contributed by atoms with E-state index < -0.39 is 0 Å². The van der Waals surface area contributed by atoms with Crippen molar-refractivity contribution < 1.29 is 0 Å². The summed E-state index contributed by atoms with van der Waals surface area (Å²) in [6.07, 6.45) is 3.50. The molecular formula is C15H14N4. The number of benzene rings is 1. The second-order valence-corrected chi connectivity index (χ2v) is 4.84. The van der Waals surface area contributed by atoms with Crippen molar-refractivity contribution in [1.82, 2.24) is 14.5 Å². The fraction of sp³-hybridized carbons (Fsp3) is 0.200. The molecule has 0 saturated heterocycles. The van der Waals surface area contributed by atoms with E-state index in [4.69, 9.17) is 5.26 Å². The van der Waals surface area contributed by atoms with E-state index in [1.165, 1.54) is 0 Å². The Morgan fingerprint density at radius 1 is 1.32 bits per heavy atom. The molecule has 0 unspecified atom stereocenters. The number of aromatic amines is 1. The van der Waals surface area contributed by atoms with Gasteiger partial charge in [0.05, 0.1) is 35.5 Å². The smallest absolute Gasteiger partial charge is 0.0991 e. The van der Waals surface area contributed by atoms with Gasteiger partial charge >= 0.3 is 0 Å². The van der Waals surface area contributed by atoms with Gasteiger partial charge in [-0.3, -0.25) is 0 Å². The quantitative estimate of drug-likeness (QED) is 0.757. The SMILES string of the molecule is CC(C)n1c(-c2cnc[nH]2)cc2cc(C#N)ccc21. The zero-order valence-electron chi connectivity index (χ0n) is 10.9. The summed E-state index contributed by atoms with van der Waals surface area (Å²) in [5, 5.41) is 10.1. The molecule has 3 rings (SSSR count). The molecule has 0 radical (unpaired) electrons. The van der Waals surface area contributed by atoms with Crippen LogP contribution in [-0.4, -0.2) is 14.5 Å². The number of H-pyrrole nitrogens is 1. The molecule has 0 bridgehead atoms. The van der Waals surface area contributed by atoms with Crippen LogP contribution in [0.5, 0.6) is 0 Å². The normalized spacial score (nSPS) is 11.1. The lowest BCUT2D eigenvalue weighted by Gasteiger charge is -2.13. The van der Waals surface area contributed by atoms with E-state index in [1.807, 2.05) is 24.4 Å². The standard InChI is InChI=1S/C15H14N4/c1-10(2)19-14-4-3-11(7-16)5-12(14)6-15(19)13-8-17-9-18-13/h3-6,8-10H,1-2H3,(H,17,18). The average Bonchev–Trinajstić information content (AvgIpc) is 3.04. The second-order valence-electron chi connectivity index (χ2n) is 4.84. The summed E-state index contributed by atoms with van der Waals surface area (Å²) in [5.41, 5.74) is 3.91. The number of imidazole rings is 1. The van der Waals surface area contributed by atoms with Crippen LogP contribution in [0.25, 0.3) is 22.3 Å². The van der Waals surface area contributed by atoms with Crippen molar-refractivity contribution in [2.24, 2.45) is 0 Å². The zero-order chi connectivity index (χ0) is 13.4. The predicted octanol–water partition coefficient (Wildman–Crippen LogP) is 3.48. The molecule has 3 aromatic rings. The van der Waals surface area contributed by atoms with Crippen LogP contribution < -0.4 is 0 Å². The van der Waals surface area contributed by atoms with E-state index >= 15 is 0 Å². The molecule has 4 nitrogen and oxygen atoms in total. The van der Waals surface area contributed by atoms with E-state index in [0.717, 1.165) is 22.3 Å². The van der Waals surface area contributed by atoms with E-state index in [-0.39, 0.29) is 0 Å². The average molecular weight is 250 g/mol. The Balaban J connectivity index is 2.33. The molecule has 0 amide bonds. The third kappa shape index (κ3) is 1.80. The van der Waals surface area contributed by atoms with E-state index in [1.54, 1.807) is 6.33 Å². The van der Waals surface area contributed by atoms with Crippen LogP contribution in [0, 0.1) is 11.3 Å². The van der Waals surface area contributed by atoms with Gasteiger partial charge in [0.15, 0.2) is 0 Å². The number of rotatable bonds is 2. The topological polar surface area (TPSA) is 57.4 Å². The zero-order valence-corrected chi connectivity index (χ0v) is 10.9. The van der Waals surface area contributed by atoms with Crippen molar-refractivity contribution in [3.05, 3.63) is 42.4 Å². The lowest BCUT2D eigenvalue weighted by atomic mass is 10.2. The van der Waals surface area contributed by atoms with E-state index in [9.17, 15) is 0 Å². The maximum absolute atomic E-state index is 8.99. The molecule has 4 heteroatoms. The Labute approximate surface area is 111 Å². The molecule has 2 heterocycles. The molecule has 0 aliphatic heterocycles. The number of nitriles is 1. The number of fused-ring (bicyclic) bond motifs is 1. The Bertz CT molecular complexity index is 757. The lowest BCUT2D eigenvalue weighted by Crippen LogP contribution is -2.02. The van der Waals surface area contributed by atoms with Gasteiger partial charge in [0.2, 0.25) is 0 Å². The largest absolute Gasteiger partial charge is 0.343 e. The van der Waals surface area contributed by atoms with Crippen LogP contribution in [0.3, 0.4) is 0 Å². The molecular weight excluding hydrogens is 236 g/mol. The third-order valence-electron chi connectivity index (χ3n) is 3.26. The third-order valence-corrected chi connectivity index (χ3v) is 3.26. The van der Waals surface area contributed by atoms with Crippen molar-refractivity contribution in [2.75, 3.05) is 0 Å². The molecule has 94 valence electrons. The van der Waals surface area contributed by atoms with Crippen LogP contribution in [0.2, 0.25) is 0 Å². The highest BCUT2D eigenvalue weighted by Crippen LogP contribution is 2.30. The summed E-state index contributed by atoms with van der Waals surface area (Å²) in [4.78, 5) is 7.22. The van der Waals surface area contributed by atoms with Crippen molar-refractivity contribution in [1.29, 1.82) is 5.26 Å². The van der Waals surface area contributed by atoms with Crippen molar-refractivity contribution in [3.63, 3.8) is 0 Å². The Morgan fingerprint density at radius 2 is 2.16 bits per heavy atom. The summed E-state index contributed by atoms with van der Waals surface area (Å²) in [6.45, 7) is 4.30. The number of aromatic nitrogens is 3. The van der Waals surface area contributed by atoms with Gasteiger partial charge in [-0.2, -0.15) is 5.26 Å². The fourth-order valence-electron chi connectivity index (χ4n) is 2.47. The molecule has 0 atom stereocenters. The molecule has 0 saturated carbocycles. The molecule has 2 aromatic heterocycles. The second kappa shape index (κ2) is 4.29. The Kier molecular flexibility index (Phi) is 2.60. The summed E-state index contributed by atoms with van der Waals surface area (Å²) >= 11 is 0. The molecule has 0 aliphatic carbocycles.